The van der Waals surface area contributed by atoms with Gasteiger partial charge in [0.2, 0.25) is 10.0 Å². The second-order valence-corrected chi connectivity index (χ2v) is 11.8. The van der Waals surface area contributed by atoms with E-state index in [1.54, 1.807) is 24.3 Å². The van der Waals surface area contributed by atoms with Crippen molar-refractivity contribution < 1.29 is 18.3 Å². The number of halogens is 2. The van der Waals surface area contributed by atoms with Crippen LogP contribution in [0.5, 0.6) is 0 Å². The van der Waals surface area contributed by atoms with Crippen molar-refractivity contribution in [1.82, 2.24) is 4.98 Å². The lowest BCUT2D eigenvalue weighted by Crippen LogP contribution is -2.25. The Morgan fingerprint density at radius 1 is 1.15 bits per heavy atom. The summed E-state index contributed by atoms with van der Waals surface area (Å²) in [6, 6.07) is 11.4. The molecular formula is C23H25Cl2N3O4S2. The Hall–Kier alpha value is -2.17. The fourth-order valence-electron chi connectivity index (χ4n) is 3.40. The monoisotopic (exact) mass is 541 g/mol. The third kappa shape index (κ3) is 6.93. The predicted molar refractivity (Wildman–Crippen MR) is 137 cm³/mol. The van der Waals surface area contributed by atoms with Crippen molar-refractivity contribution in [2.75, 3.05) is 11.9 Å². The number of thiazole rings is 1. The van der Waals surface area contributed by atoms with Crippen LogP contribution in [-0.2, 0) is 27.7 Å². The minimum absolute atomic E-state index is 0.0494. The Kier molecular flexibility index (Phi) is 8.59. The zero-order valence-corrected chi connectivity index (χ0v) is 21.7. The smallest absolute Gasteiger partial charge is 0.308 e. The van der Waals surface area contributed by atoms with Crippen LogP contribution in [-0.4, -0.2) is 31.0 Å². The van der Waals surface area contributed by atoms with Gasteiger partial charge in [-0.05, 0) is 48.6 Å². The van der Waals surface area contributed by atoms with Gasteiger partial charge in [-0.1, -0.05) is 55.2 Å². The van der Waals surface area contributed by atoms with E-state index in [-0.39, 0.29) is 17.9 Å². The Morgan fingerprint density at radius 2 is 1.88 bits per heavy atom. The highest BCUT2D eigenvalue weighted by molar-refractivity contribution is 7.89. The molecule has 182 valence electrons. The van der Waals surface area contributed by atoms with Crippen molar-refractivity contribution in [1.29, 1.82) is 0 Å². The van der Waals surface area contributed by atoms with E-state index in [2.05, 4.69) is 19.2 Å². The van der Waals surface area contributed by atoms with E-state index >= 15 is 0 Å². The number of anilines is 1. The molecule has 0 saturated carbocycles. The molecule has 1 aromatic heterocycles. The minimum Gasteiger partial charge on any atom is -0.481 e. The highest BCUT2D eigenvalue weighted by atomic mass is 35.5. The molecule has 1 heterocycles. The van der Waals surface area contributed by atoms with Crippen LogP contribution in [0, 0.1) is 11.8 Å². The number of nitrogens with two attached hydrogens (primary N) is 1. The van der Waals surface area contributed by atoms with Crippen LogP contribution in [0.25, 0.3) is 11.3 Å². The van der Waals surface area contributed by atoms with E-state index in [9.17, 15) is 18.3 Å². The van der Waals surface area contributed by atoms with E-state index < -0.39 is 21.9 Å². The van der Waals surface area contributed by atoms with E-state index in [1.165, 1.54) is 23.5 Å². The number of benzene rings is 2. The second-order valence-electron chi connectivity index (χ2n) is 8.33. The Labute approximate surface area is 213 Å². The lowest BCUT2D eigenvalue weighted by atomic mass is 9.99. The van der Waals surface area contributed by atoms with Crippen molar-refractivity contribution in [3.05, 3.63) is 63.0 Å². The number of hydrogen-bond acceptors (Lipinski definition) is 6. The number of hydrogen-bond donors (Lipinski definition) is 3. The van der Waals surface area contributed by atoms with Gasteiger partial charge >= 0.3 is 5.97 Å². The van der Waals surface area contributed by atoms with Crippen molar-refractivity contribution in [3.8, 4) is 11.3 Å². The fourth-order valence-corrected chi connectivity index (χ4v) is 5.48. The molecule has 4 N–H and O–H groups in total. The number of aromatic nitrogens is 1. The van der Waals surface area contributed by atoms with E-state index in [4.69, 9.17) is 33.3 Å². The van der Waals surface area contributed by atoms with Gasteiger partial charge in [-0.15, -0.1) is 11.3 Å². The Balaban J connectivity index is 1.81. The molecule has 0 bridgehead atoms. The minimum atomic E-state index is -3.87. The molecular weight excluding hydrogens is 517 g/mol. The predicted octanol–water partition coefficient (Wildman–Crippen LogP) is 5.32. The van der Waals surface area contributed by atoms with E-state index in [0.29, 0.717) is 26.7 Å². The quantitative estimate of drug-likeness (QED) is 0.319. The van der Waals surface area contributed by atoms with Gasteiger partial charge in [0.1, 0.15) is 0 Å². The molecule has 3 rings (SSSR count). The van der Waals surface area contributed by atoms with Crippen LogP contribution >= 0.6 is 34.5 Å². The third-order valence-corrected chi connectivity index (χ3v) is 7.73. The fraction of sp³-hybridized carbons (Fsp3) is 0.304. The topological polar surface area (TPSA) is 122 Å². The average Bonchev–Trinajstić information content (AvgIpc) is 3.14. The van der Waals surface area contributed by atoms with Crippen LogP contribution in [0.4, 0.5) is 5.13 Å². The van der Waals surface area contributed by atoms with Crippen molar-refractivity contribution in [2.24, 2.45) is 17.0 Å². The number of sulfonamides is 1. The molecule has 11 heteroatoms. The summed E-state index contributed by atoms with van der Waals surface area (Å²) in [4.78, 5) is 17.6. The number of carbonyl (C=O) groups is 1. The molecule has 0 amide bonds. The van der Waals surface area contributed by atoms with Gasteiger partial charge in [-0.3, -0.25) is 4.79 Å². The molecule has 0 saturated heterocycles. The molecule has 3 aromatic rings. The molecule has 0 spiro atoms. The Bertz CT molecular complexity index is 1290. The number of nitrogens with zero attached hydrogens (tertiary/aromatic N) is 1. The maximum atomic E-state index is 11.9. The first-order chi connectivity index (χ1) is 15.9. The summed E-state index contributed by atoms with van der Waals surface area (Å²) in [7, 11) is -3.87. The summed E-state index contributed by atoms with van der Waals surface area (Å²) in [5, 5.41) is 19.6. The second kappa shape index (κ2) is 11.0. The number of rotatable bonds is 10. The van der Waals surface area contributed by atoms with E-state index in [0.717, 1.165) is 22.6 Å². The van der Waals surface area contributed by atoms with Crippen LogP contribution in [0.2, 0.25) is 10.0 Å². The van der Waals surface area contributed by atoms with Crippen molar-refractivity contribution in [2.45, 2.75) is 31.6 Å². The SMILES string of the molecule is CC(C)Cc1sc(NCC(Cc2cccc(S(N)(=O)=O)c2)C(=O)O)nc1-c1ccc(Cl)c(Cl)c1. The molecule has 1 unspecified atom stereocenters. The summed E-state index contributed by atoms with van der Waals surface area (Å²) in [5.41, 5.74) is 2.19. The molecule has 34 heavy (non-hydrogen) atoms. The van der Waals surface area contributed by atoms with Crippen LogP contribution in [0.15, 0.2) is 47.4 Å². The molecule has 0 fully saturated rings. The summed E-state index contributed by atoms with van der Waals surface area (Å²) in [6.45, 7) is 4.34. The molecule has 7 nitrogen and oxygen atoms in total. The number of nitrogens with one attached hydrogen (secondary N) is 1. The van der Waals surface area contributed by atoms with Gasteiger partial charge in [0.05, 0.1) is 26.6 Å². The lowest BCUT2D eigenvalue weighted by molar-refractivity contribution is -0.141. The van der Waals surface area contributed by atoms with Gasteiger partial charge in [0, 0.05) is 17.0 Å². The normalized spacial score (nSPS) is 12.6. The maximum Gasteiger partial charge on any atom is 0.308 e. The third-order valence-electron chi connectivity index (χ3n) is 5.04. The van der Waals surface area contributed by atoms with Gasteiger partial charge < -0.3 is 10.4 Å². The average molecular weight is 543 g/mol. The molecule has 2 aromatic carbocycles. The number of aliphatic carboxylic acids is 1. The summed E-state index contributed by atoms with van der Waals surface area (Å²) in [6.07, 6.45) is 0.938. The molecule has 0 aliphatic rings. The zero-order valence-electron chi connectivity index (χ0n) is 18.6. The lowest BCUT2D eigenvalue weighted by Gasteiger charge is -2.13. The van der Waals surface area contributed by atoms with Crippen molar-refractivity contribution in [3.63, 3.8) is 0 Å². The molecule has 0 aliphatic carbocycles. The summed E-state index contributed by atoms with van der Waals surface area (Å²) in [5.74, 6) is -1.41. The van der Waals surface area contributed by atoms with E-state index in [1.807, 2.05) is 6.07 Å². The van der Waals surface area contributed by atoms with Crippen LogP contribution in [0.1, 0.15) is 24.3 Å². The van der Waals surface area contributed by atoms with Gasteiger partial charge in [0.15, 0.2) is 5.13 Å². The maximum absolute atomic E-state index is 11.9. The highest BCUT2D eigenvalue weighted by Gasteiger charge is 2.21. The largest absolute Gasteiger partial charge is 0.481 e. The Morgan fingerprint density at radius 3 is 2.50 bits per heavy atom. The highest BCUT2D eigenvalue weighted by Crippen LogP contribution is 2.35. The number of carboxylic acid groups (broad SMARTS) is 1. The van der Waals surface area contributed by atoms with Gasteiger partial charge in [0.25, 0.3) is 0 Å². The zero-order chi connectivity index (χ0) is 25.0. The number of carboxylic acids is 1. The molecule has 1 atom stereocenters. The first kappa shape index (κ1) is 26.4. The van der Waals surface area contributed by atoms with Gasteiger partial charge in [-0.25, -0.2) is 18.5 Å². The van der Waals surface area contributed by atoms with Crippen LogP contribution in [0.3, 0.4) is 0 Å². The first-order valence-electron chi connectivity index (χ1n) is 10.5. The molecule has 0 aliphatic heterocycles. The summed E-state index contributed by atoms with van der Waals surface area (Å²) >= 11 is 13.7. The summed E-state index contributed by atoms with van der Waals surface area (Å²) < 4.78 is 23.2. The number of primary sulfonamides is 1. The molecule has 0 radical (unpaired) electrons. The standard InChI is InChI=1S/C23H25Cl2N3O4S2/c1-13(2)8-20-21(15-6-7-18(24)19(25)11-15)28-23(33-20)27-12-16(22(29)30)9-14-4-3-5-17(10-14)34(26,31)32/h3-7,10-11,13,16H,8-9,12H2,1-2H3,(H,27,28)(H,29,30)(H2,26,31,32). The van der Waals surface area contributed by atoms with Gasteiger partial charge in [-0.2, -0.15) is 0 Å². The van der Waals surface area contributed by atoms with Crippen molar-refractivity contribution >= 4 is 55.7 Å². The first-order valence-corrected chi connectivity index (χ1v) is 13.6. The van der Waals surface area contributed by atoms with Crippen LogP contribution < -0.4 is 10.5 Å².